The van der Waals surface area contributed by atoms with Crippen LogP contribution in [0.3, 0.4) is 0 Å². The van der Waals surface area contributed by atoms with E-state index >= 15 is 0 Å². The van der Waals surface area contributed by atoms with Gasteiger partial charge in [0.15, 0.2) is 0 Å². The smallest absolute Gasteiger partial charge is 0.308 e. The lowest BCUT2D eigenvalue weighted by atomic mass is 9.98. The van der Waals surface area contributed by atoms with E-state index in [2.05, 4.69) is 35.6 Å². The molecule has 0 aliphatic carbocycles. The predicted molar refractivity (Wildman–Crippen MR) is 82.7 cm³/mol. The van der Waals surface area contributed by atoms with Gasteiger partial charge in [0.05, 0.1) is 5.92 Å². The fourth-order valence-electron chi connectivity index (χ4n) is 2.69. The summed E-state index contributed by atoms with van der Waals surface area (Å²) in [5.41, 5.74) is 1.06. The van der Waals surface area contributed by atoms with E-state index in [0.29, 0.717) is 6.54 Å². The summed E-state index contributed by atoms with van der Waals surface area (Å²) in [6.45, 7) is 7.74. The zero-order valence-electron chi connectivity index (χ0n) is 13.2. The molecule has 21 heavy (non-hydrogen) atoms. The van der Waals surface area contributed by atoms with E-state index in [1.54, 1.807) is 0 Å². The maximum atomic E-state index is 11.2. The summed E-state index contributed by atoms with van der Waals surface area (Å²) in [6, 6.07) is 2.03. The maximum Gasteiger partial charge on any atom is 0.308 e. The Morgan fingerprint density at radius 1 is 1.48 bits per heavy atom. The Bertz CT molecular complexity index is 502. The fourth-order valence-corrected chi connectivity index (χ4v) is 2.69. The van der Waals surface area contributed by atoms with Crippen LogP contribution in [0, 0.1) is 5.92 Å². The van der Waals surface area contributed by atoms with Gasteiger partial charge in [-0.05, 0) is 19.3 Å². The molecule has 116 valence electrons. The van der Waals surface area contributed by atoms with Gasteiger partial charge in [0, 0.05) is 30.8 Å². The topological polar surface area (TPSA) is 66.3 Å². The molecule has 1 unspecified atom stereocenters. The standard InChI is InChI=1S/C16H25N3O2/c1-4-6-13-9-14(18-15(17-13)11(2)3)19-8-5-7-12(10-19)16(20)21/h9,11-12H,4-8,10H2,1-3H3,(H,20,21). The largest absolute Gasteiger partial charge is 0.481 e. The molecule has 1 fully saturated rings. The van der Waals surface area contributed by atoms with Crippen molar-refractivity contribution in [2.24, 2.45) is 5.92 Å². The Morgan fingerprint density at radius 3 is 2.86 bits per heavy atom. The van der Waals surface area contributed by atoms with Gasteiger partial charge < -0.3 is 10.0 Å². The van der Waals surface area contributed by atoms with Gasteiger partial charge in [-0.15, -0.1) is 0 Å². The van der Waals surface area contributed by atoms with E-state index in [0.717, 1.165) is 49.6 Å². The van der Waals surface area contributed by atoms with E-state index in [9.17, 15) is 9.90 Å². The summed E-state index contributed by atoms with van der Waals surface area (Å²) < 4.78 is 0. The van der Waals surface area contributed by atoms with E-state index in [-0.39, 0.29) is 11.8 Å². The Morgan fingerprint density at radius 2 is 2.24 bits per heavy atom. The molecular weight excluding hydrogens is 266 g/mol. The maximum absolute atomic E-state index is 11.2. The molecule has 0 amide bonds. The molecule has 1 saturated heterocycles. The SMILES string of the molecule is CCCc1cc(N2CCCC(C(=O)O)C2)nc(C(C)C)n1. The average Bonchev–Trinajstić information content (AvgIpc) is 2.47. The van der Waals surface area contributed by atoms with Crippen LogP contribution in [0.1, 0.15) is 57.5 Å². The van der Waals surface area contributed by atoms with E-state index in [4.69, 9.17) is 0 Å². The quantitative estimate of drug-likeness (QED) is 0.903. The third kappa shape index (κ3) is 3.93. The molecule has 0 bridgehead atoms. The van der Waals surface area contributed by atoms with Crippen LogP contribution in [0.4, 0.5) is 5.82 Å². The van der Waals surface area contributed by atoms with Gasteiger partial charge in [-0.3, -0.25) is 4.79 Å². The van der Waals surface area contributed by atoms with Crippen molar-refractivity contribution < 1.29 is 9.90 Å². The van der Waals surface area contributed by atoms with Crippen LogP contribution in [0.15, 0.2) is 6.07 Å². The van der Waals surface area contributed by atoms with Crippen LogP contribution < -0.4 is 4.90 Å². The zero-order valence-corrected chi connectivity index (χ0v) is 13.2. The number of nitrogens with zero attached hydrogens (tertiary/aromatic N) is 3. The van der Waals surface area contributed by atoms with Crippen LogP contribution in [-0.2, 0) is 11.2 Å². The van der Waals surface area contributed by atoms with Crippen molar-refractivity contribution in [3.05, 3.63) is 17.6 Å². The van der Waals surface area contributed by atoms with Crippen LogP contribution >= 0.6 is 0 Å². The van der Waals surface area contributed by atoms with Crippen LogP contribution in [0.2, 0.25) is 0 Å². The normalized spacial score (nSPS) is 19.0. The van der Waals surface area contributed by atoms with Gasteiger partial charge in [0.25, 0.3) is 0 Å². The van der Waals surface area contributed by atoms with Crippen molar-refractivity contribution in [3.8, 4) is 0 Å². The number of aryl methyl sites for hydroxylation is 1. The Balaban J connectivity index is 2.26. The molecule has 5 nitrogen and oxygen atoms in total. The number of rotatable bonds is 5. The van der Waals surface area contributed by atoms with Gasteiger partial charge in [0.2, 0.25) is 0 Å². The minimum Gasteiger partial charge on any atom is -0.481 e. The Hall–Kier alpha value is -1.65. The number of hydrogen-bond donors (Lipinski definition) is 1. The number of aliphatic carboxylic acids is 1. The monoisotopic (exact) mass is 291 g/mol. The van der Waals surface area contributed by atoms with E-state index in [1.165, 1.54) is 0 Å². The number of carboxylic acid groups (broad SMARTS) is 1. The number of piperidine rings is 1. The fraction of sp³-hybridized carbons (Fsp3) is 0.688. The summed E-state index contributed by atoms with van der Waals surface area (Å²) in [4.78, 5) is 22.6. The van der Waals surface area contributed by atoms with Crippen LogP contribution in [0.25, 0.3) is 0 Å². The number of aromatic nitrogens is 2. The summed E-state index contributed by atoms with van der Waals surface area (Å²) in [6.07, 6.45) is 3.65. The highest BCUT2D eigenvalue weighted by Crippen LogP contribution is 2.24. The molecule has 1 atom stereocenters. The van der Waals surface area contributed by atoms with Crippen LogP contribution in [-0.4, -0.2) is 34.1 Å². The van der Waals surface area contributed by atoms with Gasteiger partial charge in [-0.1, -0.05) is 27.2 Å². The summed E-state index contributed by atoms with van der Waals surface area (Å²) >= 11 is 0. The second kappa shape index (κ2) is 6.87. The number of anilines is 1. The molecule has 0 saturated carbocycles. The molecule has 1 aliphatic heterocycles. The molecular formula is C16H25N3O2. The molecule has 1 aromatic heterocycles. The predicted octanol–water partition coefficient (Wildman–Crippen LogP) is 2.85. The van der Waals surface area contributed by atoms with E-state index < -0.39 is 5.97 Å². The first-order chi connectivity index (χ1) is 10.0. The minimum absolute atomic E-state index is 0.278. The first-order valence-electron chi connectivity index (χ1n) is 7.86. The highest BCUT2D eigenvalue weighted by atomic mass is 16.4. The van der Waals surface area contributed by atoms with Crippen molar-refractivity contribution in [2.45, 2.75) is 52.4 Å². The Labute approximate surface area is 126 Å². The first kappa shape index (κ1) is 15.7. The zero-order chi connectivity index (χ0) is 15.4. The second-order valence-corrected chi connectivity index (χ2v) is 6.10. The Kier molecular flexibility index (Phi) is 5.15. The second-order valence-electron chi connectivity index (χ2n) is 6.10. The van der Waals surface area contributed by atoms with Gasteiger partial charge in [-0.25, -0.2) is 9.97 Å². The summed E-state index contributed by atoms with van der Waals surface area (Å²) in [5.74, 6) is 1.04. The highest BCUT2D eigenvalue weighted by Gasteiger charge is 2.26. The van der Waals surface area contributed by atoms with Gasteiger partial charge in [0.1, 0.15) is 11.6 Å². The lowest BCUT2D eigenvalue weighted by Crippen LogP contribution is -2.39. The number of carboxylic acids is 1. The van der Waals surface area contributed by atoms with Crippen molar-refractivity contribution in [1.29, 1.82) is 0 Å². The van der Waals surface area contributed by atoms with E-state index in [1.807, 2.05) is 6.07 Å². The molecule has 1 aromatic rings. The molecule has 2 heterocycles. The third-order valence-electron chi connectivity index (χ3n) is 3.90. The van der Waals surface area contributed by atoms with Crippen molar-refractivity contribution >= 4 is 11.8 Å². The summed E-state index contributed by atoms with van der Waals surface area (Å²) in [5, 5.41) is 9.23. The van der Waals surface area contributed by atoms with Crippen LogP contribution in [0.5, 0.6) is 0 Å². The minimum atomic E-state index is -0.702. The van der Waals surface area contributed by atoms with Crippen molar-refractivity contribution in [2.75, 3.05) is 18.0 Å². The third-order valence-corrected chi connectivity index (χ3v) is 3.90. The molecule has 0 radical (unpaired) electrons. The first-order valence-corrected chi connectivity index (χ1v) is 7.86. The number of hydrogen-bond acceptors (Lipinski definition) is 4. The lowest BCUT2D eigenvalue weighted by Gasteiger charge is -2.32. The lowest BCUT2D eigenvalue weighted by molar-refractivity contribution is -0.141. The van der Waals surface area contributed by atoms with Gasteiger partial charge in [-0.2, -0.15) is 0 Å². The molecule has 0 aromatic carbocycles. The van der Waals surface area contributed by atoms with Crippen molar-refractivity contribution in [1.82, 2.24) is 9.97 Å². The molecule has 1 aliphatic rings. The van der Waals surface area contributed by atoms with Crippen molar-refractivity contribution in [3.63, 3.8) is 0 Å². The van der Waals surface area contributed by atoms with Gasteiger partial charge >= 0.3 is 5.97 Å². The molecule has 2 rings (SSSR count). The average molecular weight is 291 g/mol. The molecule has 1 N–H and O–H groups in total. The summed E-state index contributed by atoms with van der Waals surface area (Å²) in [7, 11) is 0. The highest BCUT2D eigenvalue weighted by molar-refractivity contribution is 5.71. The number of carbonyl (C=O) groups is 1. The molecule has 5 heteroatoms. The molecule has 0 spiro atoms.